The molecule has 0 radical (unpaired) electrons. The molecule has 5 atom stereocenters. The second-order valence-electron chi connectivity index (χ2n) is 27.4. The Balaban J connectivity index is 5.18. The van der Waals surface area contributed by atoms with Crippen LogP contribution in [0.15, 0.2) is 0 Å². The third kappa shape index (κ3) is 70.3. The molecule has 19 heteroatoms. The zero-order valence-electron chi connectivity index (χ0n) is 61.6. The van der Waals surface area contributed by atoms with Crippen molar-refractivity contribution in [3.63, 3.8) is 0 Å². The lowest BCUT2D eigenvalue weighted by Crippen LogP contribution is -2.30. The molecule has 2 unspecified atom stereocenters. The predicted molar refractivity (Wildman–Crippen MR) is 386 cm³/mol. The Morgan fingerprint density at radius 2 is 0.421 bits per heavy atom. The van der Waals surface area contributed by atoms with Gasteiger partial charge < -0.3 is 33.8 Å². The number of aliphatic hydroxyl groups is 1. The molecule has 564 valence electrons. The van der Waals surface area contributed by atoms with Gasteiger partial charge in [-0.05, 0) is 25.7 Å². The second-order valence-corrected chi connectivity index (χ2v) is 30.3. The molecular formula is C76H148O17P2. The van der Waals surface area contributed by atoms with Crippen molar-refractivity contribution in [2.75, 3.05) is 39.6 Å². The van der Waals surface area contributed by atoms with E-state index in [0.717, 1.165) is 103 Å². The van der Waals surface area contributed by atoms with Gasteiger partial charge in [0, 0.05) is 25.7 Å². The number of carbonyl (C=O) groups is 4. The predicted octanol–water partition coefficient (Wildman–Crippen LogP) is 22.6. The Morgan fingerprint density at radius 3 is 0.621 bits per heavy atom. The van der Waals surface area contributed by atoms with Gasteiger partial charge in [0.2, 0.25) is 0 Å². The average Bonchev–Trinajstić information content (AvgIpc) is 2.28. The Labute approximate surface area is 581 Å². The molecule has 0 saturated heterocycles. The van der Waals surface area contributed by atoms with Crippen LogP contribution in [0.25, 0.3) is 0 Å². The smallest absolute Gasteiger partial charge is 0.462 e. The van der Waals surface area contributed by atoms with Crippen molar-refractivity contribution < 1.29 is 80.2 Å². The first-order valence-corrected chi connectivity index (χ1v) is 42.8. The molecule has 0 aliphatic heterocycles. The second kappa shape index (κ2) is 70.5. The minimum Gasteiger partial charge on any atom is -0.462 e. The summed E-state index contributed by atoms with van der Waals surface area (Å²) in [6.07, 6.45) is 61.2. The van der Waals surface area contributed by atoms with Gasteiger partial charge in [-0.25, -0.2) is 9.13 Å². The Kier molecular flexibility index (Phi) is 69.1. The van der Waals surface area contributed by atoms with Crippen molar-refractivity contribution in [3.05, 3.63) is 0 Å². The largest absolute Gasteiger partial charge is 0.472 e. The molecule has 17 nitrogen and oxygen atoms in total. The molecule has 0 rings (SSSR count). The summed E-state index contributed by atoms with van der Waals surface area (Å²) < 4.78 is 68.4. The molecule has 0 saturated carbocycles. The van der Waals surface area contributed by atoms with Crippen molar-refractivity contribution in [3.8, 4) is 0 Å². The van der Waals surface area contributed by atoms with Gasteiger partial charge in [0.1, 0.15) is 19.3 Å². The van der Waals surface area contributed by atoms with E-state index in [0.29, 0.717) is 25.7 Å². The fraction of sp³-hybridized carbons (Fsp3) is 0.947. The lowest BCUT2D eigenvalue weighted by atomic mass is 10.0. The van der Waals surface area contributed by atoms with Crippen molar-refractivity contribution in [1.29, 1.82) is 0 Å². The number of ether oxygens (including phenoxy) is 4. The maximum atomic E-state index is 13.1. The summed E-state index contributed by atoms with van der Waals surface area (Å²) in [5.41, 5.74) is 0. The summed E-state index contributed by atoms with van der Waals surface area (Å²) >= 11 is 0. The Bertz CT molecular complexity index is 1810. The molecular weight excluding hydrogens is 1250 g/mol. The Morgan fingerprint density at radius 1 is 0.253 bits per heavy atom. The molecule has 0 aromatic heterocycles. The molecule has 0 aromatic carbocycles. The van der Waals surface area contributed by atoms with Crippen LogP contribution in [0.5, 0.6) is 0 Å². The summed E-state index contributed by atoms with van der Waals surface area (Å²) in [4.78, 5) is 72.7. The first-order valence-electron chi connectivity index (χ1n) is 39.8. The summed E-state index contributed by atoms with van der Waals surface area (Å²) in [6.45, 7) is 4.95. The van der Waals surface area contributed by atoms with Crippen LogP contribution in [0.3, 0.4) is 0 Å². The van der Waals surface area contributed by atoms with Crippen LogP contribution in [-0.4, -0.2) is 96.7 Å². The Hall–Kier alpha value is -1.94. The van der Waals surface area contributed by atoms with Crippen molar-refractivity contribution in [2.45, 2.75) is 425 Å². The van der Waals surface area contributed by atoms with Crippen LogP contribution < -0.4 is 0 Å². The van der Waals surface area contributed by atoms with Crippen LogP contribution in [0, 0.1) is 0 Å². The standard InChI is InChI=1S/C76H148O17P2/c1-5-9-13-17-21-24-27-30-32-34-35-37-39-41-44-47-51-55-59-63-76(81)93-72(67-87-74(79)61-57-53-49-45-43-40-38-36-33-31-28-25-22-18-14-10-6-2)69-91-95(84,85)89-65-70(77)64-88-94(82,83)90-68-71(66-86-73(78)60-56-52-48-20-16-12-8-4)92-75(80)62-58-54-50-46-42-29-26-23-19-15-11-7-3/h70-72,77H,5-69H2,1-4H3,(H,82,83)(H,84,85)/t70-,71+,72+/m0/s1. The zero-order valence-corrected chi connectivity index (χ0v) is 63.4. The van der Waals surface area contributed by atoms with Gasteiger partial charge in [-0.1, -0.05) is 355 Å². The van der Waals surface area contributed by atoms with Crippen molar-refractivity contribution in [2.24, 2.45) is 0 Å². The molecule has 0 amide bonds. The van der Waals surface area contributed by atoms with E-state index in [1.807, 2.05) is 0 Å². The third-order valence-electron chi connectivity index (χ3n) is 17.9. The fourth-order valence-electron chi connectivity index (χ4n) is 11.8. The van der Waals surface area contributed by atoms with Crippen LogP contribution in [0.1, 0.15) is 407 Å². The highest BCUT2D eigenvalue weighted by molar-refractivity contribution is 7.47. The summed E-state index contributed by atoms with van der Waals surface area (Å²) in [7, 11) is -9.90. The number of aliphatic hydroxyl groups excluding tert-OH is 1. The quantitative estimate of drug-likeness (QED) is 0.0222. The van der Waals surface area contributed by atoms with Gasteiger partial charge in [0.15, 0.2) is 12.2 Å². The van der Waals surface area contributed by atoms with Crippen molar-refractivity contribution >= 4 is 39.5 Å². The van der Waals surface area contributed by atoms with E-state index in [1.54, 1.807) is 0 Å². The first-order chi connectivity index (χ1) is 46.2. The summed E-state index contributed by atoms with van der Waals surface area (Å²) in [6, 6.07) is 0. The summed E-state index contributed by atoms with van der Waals surface area (Å²) in [5, 5.41) is 10.6. The minimum absolute atomic E-state index is 0.108. The highest BCUT2D eigenvalue weighted by Gasteiger charge is 2.30. The monoisotopic (exact) mass is 1400 g/mol. The number of hydrogen-bond acceptors (Lipinski definition) is 15. The molecule has 3 N–H and O–H groups in total. The van der Waals surface area contributed by atoms with E-state index in [2.05, 4.69) is 27.7 Å². The molecule has 0 aromatic rings. The molecule has 0 aliphatic rings. The first kappa shape index (κ1) is 93.1. The maximum absolute atomic E-state index is 13.1. The van der Waals surface area contributed by atoms with Crippen LogP contribution >= 0.6 is 15.6 Å². The van der Waals surface area contributed by atoms with E-state index < -0.39 is 97.5 Å². The number of hydrogen-bond donors (Lipinski definition) is 3. The molecule has 0 aliphatic carbocycles. The third-order valence-corrected chi connectivity index (χ3v) is 19.8. The lowest BCUT2D eigenvalue weighted by Gasteiger charge is -2.21. The normalized spacial score (nSPS) is 13.9. The van der Waals surface area contributed by atoms with E-state index in [-0.39, 0.29) is 25.7 Å². The number of phosphoric ester groups is 2. The van der Waals surface area contributed by atoms with Gasteiger partial charge in [-0.2, -0.15) is 0 Å². The van der Waals surface area contributed by atoms with E-state index in [9.17, 15) is 43.2 Å². The van der Waals surface area contributed by atoms with Gasteiger partial charge in [-0.3, -0.25) is 37.3 Å². The average molecular weight is 1400 g/mol. The highest BCUT2D eigenvalue weighted by atomic mass is 31.2. The molecule has 0 heterocycles. The van der Waals surface area contributed by atoms with Gasteiger partial charge in [0.25, 0.3) is 0 Å². The number of carbonyl (C=O) groups excluding carboxylic acids is 4. The summed E-state index contributed by atoms with van der Waals surface area (Å²) in [5.74, 6) is -2.12. The SMILES string of the molecule is CCCCCCCCCCCCCCCCCCCCCC(=O)O[C@H](COC(=O)CCCCCCCCCCCCCCCCCCC)COP(=O)(O)OC[C@@H](O)COP(=O)(O)OC[C@@H](COC(=O)CCCCCCCCC)OC(=O)CCCCCCCCCCCCCC. The fourth-order valence-corrected chi connectivity index (χ4v) is 13.3. The maximum Gasteiger partial charge on any atom is 0.472 e. The molecule has 0 fully saturated rings. The van der Waals surface area contributed by atoms with Crippen molar-refractivity contribution in [1.82, 2.24) is 0 Å². The number of rotatable bonds is 77. The number of phosphoric acid groups is 2. The zero-order chi connectivity index (χ0) is 69.7. The van der Waals surface area contributed by atoms with E-state index >= 15 is 0 Å². The number of unbranched alkanes of at least 4 members (excludes halogenated alkanes) is 51. The topological polar surface area (TPSA) is 237 Å². The lowest BCUT2D eigenvalue weighted by molar-refractivity contribution is -0.161. The van der Waals surface area contributed by atoms with Gasteiger partial charge in [0.05, 0.1) is 26.4 Å². The highest BCUT2D eigenvalue weighted by Crippen LogP contribution is 2.45. The number of esters is 4. The van der Waals surface area contributed by atoms with E-state index in [4.69, 9.17) is 37.0 Å². The molecule has 0 bridgehead atoms. The molecule has 95 heavy (non-hydrogen) atoms. The van der Waals surface area contributed by atoms with Crippen LogP contribution in [-0.2, 0) is 65.4 Å². The van der Waals surface area contributed by atoms with Gasteiger partial charge in [-0.15, -0.1) is 0 Å². The van der Waals surface area contributed by atoms with Gasteiger partial charge >= 0.3 is 39.5 Å². The van der Waals surface area contributed by atoms with Crippen LogP contribution in [0.4, 0.5) is 0 Å². The minimum atomic E-state index is -4.96. The van der Waals surface area contributed by atoms with E-state index in [1.165, 1.54) is 225 Å². The van der Waals surface area contributed by atoms with Crippen LogP contribution in [0.2, 0.25) is 0 Å². The molecule has 0 spiro atoms.